The predicted octanol–water partition coefficient (Wildman–Crippen LogP) is 3.83. The maximum Gasteiger partial charge on any atom is 0.258 e. The van der Waals surface area contributed by atoms with Gasteiger partial charge in [-0.15, -0.1) is 0 Å². The van der Waals surface area contributed by atoms with Crippen molar-refractivity contribution in [1.29, 1.82) is 0 Å². The van der Waals surface area contributed by atoms with E-state index < -0.39 is 0 Å². The quantitative estimate of drug-likeness (QED) is 0.515. The molecule has 1 N–H and O–H groups in total. The van der Waals surface area contributed by atoms with Crippen molar-refractivity contribution < 1.29 is 14.3 Å². The number of rotatable bonds is 9. The summed E-state index contributed by atoms with van der Waals surface area (Å²) in [4.78, 5) is 30.1. The largest absolute Gasteiger partial charge is 0.379 e. The van der Waals surface area contributed by atoms with Gasteiger partial charge in [0.05, 0.1) is 26.2 Å². The van der Waals surface area contributed by atoms with Crippen molar-refractivity contribution in [3.63, 3.8) is 0 Å². The molecule has 1 saturated heterocycles. The summed E-state index contributed by atoms with van der Waals surface area (Å²) in [5, 5.41) is 3.01. The normalized spacial score (nSPS) is 13.9. The van der Waals surface area contributed by atoms with E-state index in [-0.39, 0.29) is 11.8 Å². The van der Waals surface area contributed by atoms with E-state index >= 15 is 0 Å². The first-order valence-corrected chi connectivity index (χ1v) is 12.2. The van der Waals surface area contributed by atoms with E-state index in [0.717, 1.165) is 55.2 Å². The van der Waals surface area contributed by atoms with Gasteiger partial charge < -0.3 is 15.0 Å². The lowest BCUT2D eigenvalue weighted by Crippen LogP contribution is -2.41. The van der Waals surface area contributed by atoms with Gasteiger partial charge in [0.2, 0.25) is 5.91 Å². The third-order valence-electron chi connectivity index (χ3n) is 6.27. The van der Waals surface area contributed by atoms with Crippen LogP contribution in [0.2, 0.25) is 0 Å². The van der Waals surface area contributed by atoms with Crippen LogP contribution in [0.1, 0.15) is 27.0 Å². The van der Waals surface area contributed by atoms with Gasteiger partial charge in [0.25, 0.3) is 5.91 Å². The Morgan fingerprint density at radius 1 is 0.886 bits per heavy atom. The molecule has 35 heavy (non-hydrogen) atoms. The van der Waals surface area contributed by atoms with Crippen molar-refractivity contribution >= 4 is 17.5 Å². The Hall–Kier alpha value is -3.48. The summed E-state index contributed by atoms with van der Waals surface area (Å²) >= 11 is 0. The van der Waals surface area contributed by atoms with Crippen molar-refractivity contribution in [1.82, 2.24) is 10.2 Å². The van der Waals surface area contributed by atoms with Crippen LogP contribution in [-0.2, 0) is 22.5 Å². The molecular weight excluding hydrogens is 438 g/mol. The maximum atomic E-state index is 13.5. The molecule has 0 radical (unpaired) electrons. The lowest BCUT2D eigenvalue weighted by atomic mass is 10.1. The number of amides is 2. The lowest BCUT2D eigenvalue weighted by Gasteiger charge is -2.26. The molecule has 1 aliphatic rings. The van der Waals surface area contributed by atoms with Gasteiger partial charge in [0.1, 0.15) is 0 Å². The van der Waals surface area contributed by atoms with Crippen LogP contribution in [0.15, 0.2) is 78.9 Å². The van der Waals surface area contributed by atoms with Crippen molar-refractivity contribution in [2.24, 2.45) is 0 Å². The lowest BCUT2D eigenvalue weighted by molar-refractivity contribution is -0.120. The first-order chi connectivity index (χ1) is 17.1. The molecule has 1 heterocycles. The minimum atomic E-state index is -0.0411. The summed E-state index contributed by atoms with van der Waals surface area (Å²) in [6.07, 6.45) is 0.313. The Morgan fingerprint density at radius 3 is 2.29 bits per heavy atom. The van der Waals surface area contributed by atoms with Gasteiger partial charge in [0.15, 0.2) is 0 Å². The van der Waals surface area contributed by atoms with Crippen molar-refractivity contribution in [2.45, 2.75) is 19.9 Å². The second-order valence-electron chi connectivity index (χ2n) is 8.84. The minimum Gasteiger partial charge on any atom is -0.379 e. The van der Waals surface area contributed by atoms with E-state index in [9.17, 15) is 9.59 Å². The number of nitrogens with zero attached hydrogens (tertiary/aromatic N) is 2. The van der Waals surface area contributed by atoms with E-state index in [2.05, 4.69) is 10.2 Å². The molecule has 0 bridgehead atoms. The van der Waals surface area contributed by atoms with Gasteiger partial charge in [0, 0.05) is 37.4 Å². The summed E-state index contributed by atoms with van der Waals surface area (Å²) in [7, 11) is 0. The standard InChI is InChI=1S/C29H33N3O3/c1-23-7-5-6-10-27(23)29(34)32(22-25-8-3-2-4-9-25)26-13-11-24(12-14-26)21-28(33)30-15-16-31-17-19-35-20-18-31/h2-14H,15-22H2,1H3,(H,30,33). The average Bonchev–Trinajstić information content (AvgIpc) is 2.89. The number of anilines is 1. The SMILES string of the molecule is Cc1ccccc1C(=O)N(Cc1ccccc1)c1ccc(CC(=O)NCCN2CCOCC2)cc1. The zero-order valence-corrected chi connectivity index (χ0v) is 20.3. The number of benzene rings is 3. The van der Waals surface area contributed by atoms with E-state index in [1.807, 2.05) is 85.8 Å². The van der Waals surface area contributed by atoms with Gasteiger partial charge in [-0.1, -0.05) is 60.7 Å². The summed E-state index contributed by atoms with van der Waals surface area (Å²) in [5.74, 6) is -0.0382. The Balaban J connectivity index is 1.41. The monoisotopic (exact) mass is 471 g/mol. The zero-order chi connectivity index (χ0) is 24.5. The van der Waals surface area contributed by atoms with Crippen LogP contribution in [0.5, 0.6) is 0 Å². The minimum absolute atomic E-state index is 0.00291. The third-order valence-corrected chi connectivity index (χ3v) is 6.27. The number of nitrogens with one attached hydrogen (secondary N) is 1. The van der Waals surface area contributed by atoms with Crippen LogP contribution >= 0.6 is 0 Å². The first kappa shape index (κ1) is 24.6. The van der Waals surface area contributed by atoms with Crippen molar-refractivity contribution in [3.8, 4) is 0 Å². The molecular formula is C29H33N3O3. The number of hydrogen-bond acceptors (Lipinski definition) is 4. The molecule has 182 valence electrons. The number of carbonyl (C=O) groups excluding carboxylic acids is 2. The van der Waals surface area contributed by atoms with Crippen LogP contribution in [0, 0.1) is 6.92 Å². The highest BCUT2D eigenvalue weighted by Gasteiger charge is 2.20. The molecule has 3 aromatic carbocycles. The fourth-order valence-corrected chi connectivity index (χ4v) is 4.22. The summed E-state index contributed by atoms with van der Waals surface area (Å²) in [5.41, 5.74) is 4.41. The molecule has 6 nitrogen and oxygen atoms in total. The number of hydrogen-bond donors (Lipinski definition) is 1. The fourth-order valence-electron chi connectivity index (χ4n) is 4.22. The van der Waals surface area contributed by atoms with E-state index in [1.165, 1.54) is 0 Å². The highest BCUT2D eigenvalue weighted by atomic mass is 16.5. The van der Waals surface area contributed by atoms with Crippen molar-refractivity contribution in [3.05, 3.63) is 101 Å². The topological polar surface area (TPSA) is 61.9 Å². The van der Waals surface area contributed by atoms with E-state index in [1.54, 1.807) is 4.90 Å². The van der Waals surface area contributed by atoms with Gasteiger partial charge >= 0.3 is 0 Å². The molecule has 3 aromatic rings. The Labute approximate surface area is 207 Å². The Kier molecular flexibility index (Phi) is 8.65. The summed E-state index contributed by atoms with van der Waals surface area (Å²) in [6, 6.07) is 25.3. The molecule has 0 aliphatic carbocycles. The van der Waals surface area contributed by atoms with Gasteiger partial charge in [-0.3, -0.25) is 14.5 Å². The van der Waals surface area contributed by atoms with Crippen LogP contribution in [0.25, 0.3) is 0 Å². The molecule has 0 atom stereocenters. The van der Waals surface area contributed by atoms with Gasteiger partial charge in [-0.2, -0.15) is 0 Å². The number of aryl methyl sites for hydroxylation is 1. The Bertz CT molecular complexity index is 1110. The van der Waals surface area contributed by atoms with Crippen LogP contribution < -0.4 is 10.2 Å². The number of morpholine rings is 1. The third kappa shape index (κ3) is 7.01. The van der Waals surface area contributed by atoms with Crippen LogP contribution in [0.3, 0.4) is 0 Å². The molecule has 2 amide bonds. The molecule has 0 aromatic heterocycles. The first-order valence-electron chi connectivity index (χ1n) is 12.2. The Morgan fingerprint density at radius 2 is 1.57 bits per heavy atom. The molecule has 0 unspecified atom stereocenters. The molecule has 1 fully saturated rings. The maximum absolute atomic E-state index is 13.5. The highest BCUT2D eigenvalue weighted by molar-refractivity contribution is 6.07. The summed E-state index contributed by atoms with van der Waals surface area (Å²) < 4.78 is 5.36. The smallest absolute Gasteiger partial charge is 0.258 e. The number of carbonyl (C=O) groups is 2. The van der Waals surface area contributed by atoms with Crippen molar-refractivity contribution in [2.75, 3.05) is 44.3 Å². The predicted molar refractivity (Wildman–Crippen MR) is 139 cm³/mol. The molecule has 1 aliphatic heterocycles. The average molecular weight is 472 g/mol. The molecule has 6 heteroatoms. The second-order valence-corrected chi connectivity index (χ2v) is 8.84. The van der Waals surface area contributed by atoms with Crippen LogP contribution in [0.4, 0.5) is 5.69 Å². The van der Waals surface area contributed by atoms with Crippen LogP contribution in [-0.4, -0.2) is 56.1 Å². The molecule has 0 spiro atoms. The van der Waals surface area contributed by atoms with Gasteiger partial charge in [-0.25, -0.2) is 0 Å². The summed E-state index contributed by atoms with van der Waals surface area (Å²) in [6.45, 7) is 7.23. The van der Waals surface area contributed by atoms with Gasteiger partial charge in [-0.05, 0) is 41.8 Å². The molecule has 4 rings (SSSR count). The molecule has 0 saturated carbocycles. The van der Waals surface area contributed by atoms with E-state index in [4.69, 9.17) is 4.74 Å². The zero-order valence-electron chi connectivity index (χ0n) is 20.3. The second kappa shape index (κ2) is 12.3. The fraction of sp³-hybridized carbons (Fsp3) is 0.310. The highest BCUT2D eigenvalue weighted by Crippen LogP contribution is 2.22. The number of ether oxygens (including phenoxy) is 1. The van der Waals surface area contributed by atoms with E-state index in [0.29, 0.717) is 25.1 Å².